The quantitative estimate of drug-likeness (QED) is 0.177. The summed E-state index contributed by atoms with van der Waals surface area (Å²) in [5, 5.41) is 13.5. The van der Waals surface area contributed by atoms with E-state index in [1.807, 2.05) is 66.7 Å². The van der Waals surface area contributed by atoms with Gasteiger partial charge in [0.2, 0.25) is 0 Å². The number of nitrogens with zero attached hydrogens (tertiary/aromatic N) is 4. The lowest BCUT2D eigenvalue weighted by molar-refractivity contribution is 0.669. The number of para-hydroxylation sites is 3. The fourth-order valence-corrected chi connectivity index (χ4v) is 9.87. The fraction of sp³-hybridized carbons (Fsp3) is 0. The standard InChI is InChI=1S/C57H32N4O2/c1-2-14-33(15-3-1)55-58-56(43-25-12-23-41-39-21-10-11-27-51(39)62-52(41)43)60-57(59-55)44-26-13-24-42-47-32-50(38-20-8-9-22-40(38)54(47)63-53(42)44)61-48-30-36-18-6-4-16-34(36)28-45(48)46-29-35-17-5-7-19-37(35)31-49(46)61/h1-32H. The van der Waals surface area contributed by atoms with E-state index in [-0.39, 0.29) is 0 Å². The average Bonchev–Trinajstić information content (AvgIpc) is 4.02. The molecule has 14 rings (SSSR count). The number of fused-ring (bicyclic) bond motifs is 13. The highest BCUT2D eigenvalue weighted by Crippen LogP contribution is 2.44. The van der Waals surface area contributed by atoms with Crippen molar-refractivity contribution in [2.24, 2.45) is 0 Å². The van der Waals surface area contributed by atoms with Crippen molar-refractivity contribution in [3.63, 3.8) is 0 Å². The van der Waals surface area contributed by atoms with Gasteiger partial charge in [-0.15, -0.1) is 0 Å². The van der Waals surface area contributed by atoms with Crippen LogP contribution in [0.4, 0.5) is 0 Å². The Hall–Kier alpha value is -8.61. The zero-order valence-electron chi connectivity index (χ0n) is 33.6. The largest absolute Gasteiger partial charge is 0.455 e. The van der Waals surface area contributed by atoms with Gasteiger partial charge in [-0.3, -0.25) is 0 Å². The molecule has 0 N–H and O–H groups in total. The van der Waals surface area contributed by atoms with Gasteiger partial charge in [-0.25, -0.2) is 15.0 Å². The number of furan rings is 2. The van der Waals surface area contributed by atoms with E-state index in [1.54, 1.807) is 0 Å². The molecule has 0 aliphatic carbocycles. The van der Waals surface area contributed by atoms with Crippen molar-refractivity contribution in [3.05, 3.63) is 194 Å². The molecule has 4 heterocycles. The molecule has 0 radical (unpaired) electrons. The summed E-state index contributed by atoms with van der Waals surface area (Å²) in [6, 6.07) is 68.1. The third-order valence-corrected chi connectivity index (χ3v) is 12.8. The summed E-state index contributed by atoms with van der Waals surface area (Å²) in [4.78, 5) is 15.5. The fourth-order valence-electron chi connectivity index (χ4n) is 9.87. The topological polar surface area (TPSA) is 69.9 Å². The highest BCUT2D eigenvalue weighted by atomic mass is 16.3. The minimum Gasteiger partial charge on any atom is -0.455 e. The van der Waals surface area contributed by atoms with E-state index < -0.39 is 0 Å². The van der Waals surface area contributed by atoms with Crippen LogP contribution in [0.25, 0.3) is 138 Å². The van der Waals surface area contributed by atoms with Crippen molar-refractivity contribution >= 4 is 98.0 Å². The number of benzene rings is 10. The minimum absolute atomic E-state index is 0.516. The van der Waals surface area contributed by atoms with E-state index in [2.05, 4.69) is 132 Å². The molecule has 10 aromatic carbocycles. The summed E-state index contributed by atoms with van der Waals surface area (Å²) in [5.41, 5.74) is 8.95. The third-order valence-electron chi connectivity index (χ3n) is 12.8. The first-order valence-corrected chi connectivity index (χ1v) is 21.2. The predicted molar refractivity (Wildman–Crippen MR) is 258 cm³/mol. The van der Waals surface area contributed by atoms with Crippen LogP contribution in [0.15, 0.2) is 203 Å². The molecule has 0 aliphatic heterocycles. The molecule has 0 unspecified atom stereocenters. The lowest BCUT2D eigenvalue weighted by atomic mass is 10.0. The second-order valence-electron chi connectivity index (χ2n) is 16.3. The van der Waals surface area contributed by atoms with Crippen molar-refractivity contribution in [2.75, 3.05) is 0 Å². The van der Waals surface area contributed by atoms with Crippen LogP contribution >= 0.6 is 0 Å². The molecule has 0 bridgehead atoms. The van der Waals surface area contributed by atoms with Gasteiger partial charge >= 0.3 is 0 Å². The van der Waals surface area contributed by atoms with Crippen LogP contribution in [0, 0.1) is 0 Å². The number of rotatable bonds is 4. The molecule has 0 fully saturated rings. The first-order chi connectivity index (χ1) is 31.2. The number of hydrogen-bond acceptors (Lipinski definition) is 5. The van der Waals surface area contributed by atoms with Gasteiger partial charge in [0, 0.05) is 48.7 Å². The van der Waals surface area contributed by atoms with Crippen LogP contribution < -0.4 is 0 Å². The normalized spacial score (nSPS) is 12.1. The van der Waals surface area contributed by atoms with Crippen LogP contribution in [0.3, 0.4) is 0 Å². The second kappa shape index (κ2) is 12.9. The van der Waals surface area contributed by atoms with Crippen molar-refractivity contribution in [1.82, 2.24) is 19.5 Å². The Morgan fingerprint density at radius 3 is 1.44 bits per heavy atom. The molecular formula is C57H32N4O2. The van der Waals surface area contributed by atoms with Gasteiger partial charge in [0.25, 0.3) is 0 Å². The smallest absolute Gasteiger partial charge is 0.167 e. The Labute approximate surface area is 358 Å². The Bertz CT molecular complexity index is 4120. The zero-order valence-corrected chi connectivity index (χ0v) is 33.6. The highest BCUT2D eigenvalue weighted by molar-refractivity contribution is 6.22. The number of hydrogen-bond donors (Lipinski definition) is 0. The van der Waals surface area contributed by atoms with E-state index in [0.29, 0.717) is 23.1 Å². The van der Waals surface area contributed by atoms with Gasteiger partial charge < -0.3 is 13.4 Å². The van der Waals surface area contributed by atoms with Gasteiger partial charge in [0.05, 0.1) is 27.8 Å². The van der Waals surface area contributed by atoms with Crippen LogP contribution in [-0.2, 0) is 0 Å². The lowest BCUT2D eigenvalue weighted by Gasteiger charge is -2.13. The Morgan fingerprint density at radius 1 is 0.317 bits per heavy atom. The molecule has 0 amide bonds. The molecule has 0 saturated heterocycles. The summed E-state index contributed by atoms with van der Waals surface area (Å²) < 4.78 is 16.0. The molecule has 0 atom stereocenters. The van der Waals surface area contributed by atoms with E-state index in [4.69, 9.17) is 23.8 Å². The van der Waals surface area contributed by atoms with Crippen molar-refractivity contribution in [2.45, 2.75) is 0 Å². The van der Waals surface area contributed by atoms with E-state index in [0.717, 1.165) is 82.5 Å². The maximum absolute atomic E-state index is 7.09. The summed E-state index contributed by atoms with van der Waals surface area (Å²) in [5.74, 6) is 1.61. The minimum atomic E-state index is 0.516. The SMILES string of the molecule is c1ccc(-c2nc(-c3cccc4c3oc3ccccc34)nc(-c3cccc4c3oc3c5ccccc5c(-n5c6cc7ccccc7cc6c6cc7ccccc7cc65)cc43)n2)cc1. The highest BCUT2D eigenvalue weighted by Gasteiger charge is 2.23. The summed E-state index contributed by atoms with van der Waals surface area (Å²) in [6.45, 7) is 0. The van der Waals surface area contributed by atoms with Gasteiger partial charge in [-0.1, -0.05) is 146 Å². The van der Waals surface area contributed by atoms with E-state index in [1.165, 1.54) is 32.3 Å². The van der Waals surface area contributed by atoms with Gasteiger partial charge in [0.15, 0.2) is 17.5 Å². The monoisotopic (exact) mass is 804 g/mol. The molecule has 0 aliphatic rings. The predicted octanol–water partition coefficient (Wildman–Crippen LogP) is 15.2. The van der Waals surface area contributed by atoms with E-state index in [9.17, 15) is 0 Å². The molecule has 0 saturated carbocycles. The Morgan fingerprint density at radius 2 is 0.794 bits per heavy atom. The summed E-state index contributed by atoms with van der Waals surface area (Å²) in [7, 11) is 0. The van der Waals surface area contributed by atoms with E-state index >= 15 is 0 Å². The second-order valence-corrected chi connectivity index (χ2v) is 16.3. The molecule has 6 nitrogen and oxygen atoms in total. The zero-order chi connectivity index (χ0) is 41.2. The average molecular weight is 805 g/mol. The Kier molecular flexibility index (Phi) is 7.02. The first kappa shape index (κ1) is 34.1. The molecule has 4 aromatic heterocycles. The van der Waals surface area contributed by atoms with Crippen LogP contribution in [0.1, 0.15) is 0 Å². The molecule has 292 valence electrons. The molecule has 63 heavy (non-hydrogen) atoms. The third kappa shape index (κ3) is 5.03. The maximum atomic E-state index is 7.09. The van der Waals surface area contributed by atoms with Crippen LogP contribution in [-0.4, -0.2) is 19.5 Å². The first-order valence-electron chi connectivity index (χ1n) is 21.2. The lowest BCUT2D eigenvalue weighted by Crippen LogP contribution is -2.00. The van der Waals surface area contributed by atoms with Crippen molar-refractivity contribution in [3.8, 4) is 39.9 Å². The summed E-state index contributed by atoms with van der Waals surface area (Å²) >= 11 is 0. The van der Waals surface area contributed by atoms with Gasteiger partial charge in [-0.2, -0.15) is 0 Å². The van der Waals surface area contributed by atoms with Gasteiger partial charge in [-0.05, 0) is 70.1 Å². The molecule has 14 aromatic rings. The van der Waals surface area contributed by atoms with Crippen LogP contribution in [0.2, 0.25) is 0 Å². The molecule has 0 spiro atoms. The van der Waals surface area contributed by atoms with Gasteiger partial charge in [0.1, 0.15) is 22.3 Å². The van der Waals surface area contributed by atoms with Crippen molar-refractivity contribution in [1.29, 1.82) is 0 Å². The molecule has 6 heteroatoms. The number of aromatic nitrogens is 4. The maximum Gasteiger partial charge on any atom is 0.167 e. The summed E-state index contributed by atoms with van der Waals surface area (Å²) in [6.07, 6.45) is 0. The van der Waals surface area contributed by atoms with Crippen molar-refractivity contribution < 1.29 is 8.83 Å². The van der Waals surface area contributed by atoms with Crippen LogP contribution in [0.5, 0.6) is 0 Å². The molecular weight excluding hydrogens is 773 g/mol. The Balaban J connectivity index is 1.05.